The van der Waals surface area contributed by atoms with E-state index in [0.717, 1.165) is 25.7 Å². The van der Waals surface area contributed by atoms with Crippen LogP contribution in [0, 0.1) is 0 Å². The van der Waals surface area contributed by atoms with Crippen molar-refractivity contribution in [2.75, 3.05) is 10.6 Å². The van der Waals surface area contributed by atoms with Crippen LogP contribution >= 0.6 is 0 Å². The number of fused-ring (bicyclic) bond motifs is 1. The number of hydrogen-bond acceptors (Lipinski definition) is 7. The minimum absolute atomic E-state index is 0.0793. The fourth-order valence-corrected chi connectivity index (χ4v) is 4.19. The molecule has 2 atom stereocenters. The Hall–Kier alpha value is -3.77. The summed E-state index contributed by atoms with van der Waals surface area (Å²) in [6, 6.07) is 1.47. The van der Waals surface area contributed by atoms with Gasteiger partial charge in [0.2, 0.25) is 0 Å². The molecule has 194 valence electrons. The maximum Gasteiger partial charge on any atom is 0.407 e. The number of alkyl halides is 2. The summed E-state index contributed by atoms with van der Waals surface area (Å²) >= 11 is 0. The van der Waals surface area contributed by atoms with Crippen LogP contribution in [0.5, 0.6) is 0 Å². The molecule has 1 fully saturated rings. The van der Waals surface area contributed by atoms with E-state index in [0.29, 0.717) is 5.82 Å². The van der Waals surface area contributed by atoms with Crippen LogP contribution in [-0.2, 0) is 11.8 Å². The van der Waals surface area contributed by atoms with Gasteiger partial charge in [-0.2, -0.15) is 10.2 Å². The third-order valence-electron chi connectivity index (χ3n) is 5.73. The summed E-state index contributed by atoms with van der Waals surface area (Å²) in [6.07, 6.45) is 4.55. The average Bonchev–Trinajstić information content (AvgIpc) is 3.36. The first-order valence-corrected chi connectivity index (χ1v) is 11.7. The Kier molecular flexibility index (Phi) is 7.09. The lowest BCUT2D eigenvalue weighted by Crippen LogP contribution is -2.49. The molecular weight excluding hydrogens is 474 g/mol. The molecule has 0 saturated heterocycles. The number of nitrogens with one attached hydrogen (secondary N) is 3. The molecule has 4 rings (SSSR count). The Bertz CT molecular complexity index is 1250. The Morgan fingerprint density at radius 1 is 1.19 bits per heavy atom. The third-order valence-corrected chi connectivity index (χ3v) is 5.73. The van der Waals surface area contributed by atoms with Crippen molar-refractivity contribution in [2.45, 2.75) is 70.6 Å². The van der Waals surface area contributed by atoms with Gasteiger partial charge in [-0.15, -0.1) is 0 Å². The summed E-state index contributed by atoms with van der Waals surface area (Å²) in [6.45, 7) is 5.43. The van der Waals surface area contributed by atoms with Gasteiger partial charge in [-0.1, -0.05) is 12.8 Å². The van der Waals surface area contributed by atoms with Gasteiger partial charge in [0.25, 0.3) is 12.3 Å². The van der Waals surface area contributed by atoms with Crippen molar-refractivity contribution in [1.82, 2.24) is 29.7 Å². The number of aromatic nitrogens is 5. The molecule has 0 aliphatic heterocycles. The molecule has 13 heteroatoms. The van der Waals surface area contributed by atoms with Crippen LogP contribution in [0.4, 0.5) is 25.1 Å². The van der Waals surface area contributed by atoms with E-state index in [9.17, 15) is 18.4 Å². The Balaban J connectivity index is 1.51. The predicted molar refractivity (Wildman–Crippen MR) is 128 cm³/mol. The minimum Gasteiger partial charge on any atom is -0.444 e. The van der Waals surface area contributed by atoms with E-state index >= 15 is 0 Å². The zero-order chi connectivity index (χ0) is 26.0. The molecule has 3 heterocycles. The van der Waals surface area contributed by atoms with Gasteiger partial charge < -0.3 is 20.7 Å². The summed E-state index contributed by atoms with van der Waals surface area (Å²) in [5.41, 5.74) is -0.816. The molecule has 0 bridgehead atoms. The smallest absolute Gasteiger partial charge is 0.407 e. The van der Waals surface area contributed by atoms with Crippen molar-refractivity contribution in [3.05, 3.63) is 35.9 Å². The highest BCUT2D eigenvalue weighted by atomic mass is 19.3. The number of carbonyl (C=O) groups is 2. The van der Waals surface area contributed by atoms with Gasteiger partial charge >= 0.3 is 6.09 Å². The fourth-order valence-electron chi connectivity index (χ4n) is 4.19. The van der Waals surface area contributed by atoms with Crippen molar-refractivity contribution < 1.29 is 23.1 Å². The van der Waals surface area contributed by atoms with Crippen molar-refractivity contribution in [1.29, 1.82) is 0 Å². The second-order valence-electron chi connectivity index (χ2n) is 9.78. The van der Waals surface area contributed by atoms with E-state index in [1.165, 1.54) is 28.6 Å². The normalized spacial score (nSPS) is 18.3. The van der Waals surface area contributed by atoms with Crippen LogP contribution in [0.25, 0.3) is 5.65 Å². The standard InChI is InChI=1S/C23H30F2N8O3/c1-23(2,3)36-22(35)29-15-8-6-5-7-14(15)27-17-9-10-33-20(30-17)13(11-26-33)21(34)28-16-12-32(4)31-18(16)19(24)25/h9-12,14-15,19H,5-8H2,1-4H3,(H,27,30)(H,28,34)(H,29,35)/t14-,15+/m1/s1. The van der Waals surface area contributed by atoms with Gasteiger partial charge in [0.15, 0.2) is 11.3 Å². The lowest BCUT2D eigenvalue weighted by atomic mass is 9.90. The van der Waals surface area contributed by atoms with Crippen LogP contribution in [0.3, 0.4) is 0 Å². The monoisotopic (exact) mass is 504 g/mol. The average molecular weight is 505 g/mol. The van der Waals surface area contributed by atoms with Crippen molar-refractivity contribution in [3.8, 4) is 0 Å². The summed E-state index contributed by atoms with van der Waals surface area (Å²) in [5.74, 6) is -0.138. The minimum atomic E-state index is -2.84. The second kappa shape index (κ2) is 10.1. The molecule has 1 aliphatic carbocycles. The highest BCUT2D eigenvalue weighted by Gasteiger charge is 2.29. The number of carbonyl (C=O) groups excluding carboxylic acids is 2. The van der Waals surface area contributed by atoms with Crippen molar-refractivity contribution in [2.24, 2.45) is 7.05 Å². The molecule has 36 heavy (non-hydrogen) atoms. The molecule has 3 aromatic heterocycles. The number of ether oxygens (including phenoxy) is 1. The Morgan fingerprint density at radius 2 is 1.92 bits per heavy atom. The van der Waals surface area contributed by atoms with Gasteiger partial charge in [-0.3, -0.25) is 9.48 Å². The molecule has 0 unspecified atom stereocenters. The highest BCUT2D eigenvalue weighted by molar-refractivity contribution is 6.08. The number of aryl methyl sites for hydroxylation is 1. The Morgan fingerprint density at radius 3 is 2.61 bits per heavy atom. The molecule has 11 nitrogen and oxygen atoms in total. The van der Waals surface area contributed by atoms with Gasteiger partial charge in [0.05, 0.1) is 17.9 Å². The van der Waals surface area contributed by atoms with Crippen LogP contribution < -0.4 is 16.0 Å². The second-order valence-corrected chi connectivity index (χ2v) is 9.78. The van der Waals surface area contributed by atoms with E-state index in [1.54, 1.807) is 12.3 Å². The lowest BCUT2D eigenvalue weighted by molar-refractivity contribution is 0.0488. The third kappa shape index (κ3) is 5.89. The largest absolute Gasteiger partial charge is 0.444 e. The maximum atomic E-state index is 13.3. The predicted octanol–water partition coefficient (Wildman–Crippen LogP) is 3.90. The zero-order valence-corrected chi connectivity index (χ0v) is 20.6. The van der Waals surface area contributed by atoms with Crippen LogP contribution in [0.2, 0.25) is 0 Å². The van der Waals surface area contributed by atoms with Gasteiger partial charge in [-0.25, -0.2) is 23.1 Å². The first kappa shape index (κ1) is 25.3. The zero-order valence-electron chi connectivity index (χ0n) is 20.6. The first-order chi connectivity index (χ1) is 17.0. The number of nitrogens with zero attached hydrogens (tertiary/aromatic N) is 5. The molecule has 0 spiro atoms. The van der Waals surface area contributed by atoms with Crippen molar-refractivity contribution >= 4 is 29.2 Å². The summed E-state index contributed by atoms with van der Waals surface area (Å²) < 4.78 is 34.5. The van der Waals surface area contributed by atoms with E-state index in [-0.39, 0.29) is 29.0 Å². The molecule has 3 N–H and O–H groups in total. The van der Waals surface area contributed by atoms with Gasteiger partial charge in [0.1, 0.15) is 17.0 Å². The van der Waals surface area contributed by atoms with E-state index in [4.69, 9.17) is 4.74 Å². The number of amides is 2. The summed E-state index contributed by atoms with van der Waals surface area (Å²) in [4.78, 5) is 29.8. The summed E-state index contributed by atoms with van der Waals surface area (Å²) in [7, 11) is 1.49. The molecule has 2 amide bonds. The topological polar surface area (TPSA) is 127 Å². The molecule has 3 aromatic rings. The summed E-state index contributed by atoms with van der Waals surface area (Å²) in [5, 5.41) is 16.6. The molecule has 0 aromatic carbocycles. The molecule has 1 saturated carbocycles. The first-order valence-electron chi connectivity index (χ1n) is 11.7. The lowest BCUT2D eigenvalue weighted by Gasteiger charge is -2.33. The number of anilines is 2. The number of halogens is 2. The number of alkyl carbamates (subject to hydrolysis) is 1. The van der Waals surface area contributed by atoms with E-state index < -0.39 is 29.7 Å². The van der Waals surface area contributed by atoms with Crippen LogP contribution in [0.1, 0.15) is 68.9 Å². The van der Waals surface area contributed by atoms with Crippen LogP contribution in [-0.4, -0.2) is 54.1 Å². The van der Waals surface area contributed by atoms with E-state index in [2.05, 4.69) is 31.1 Å². The van der Waals surface area contributed by atoms with E-state index in [1.807, 2.05) is 20.8 Å². The SMILES string of the molecule is Cn1cc(NC(=O)c2cnn3ccc(N[C@@H]4CCCC[C@@H]4NC(=O)OC(C)(C)C)nc23)c(C(F)F)n1. The van der Waals surface area contributed by atoms with Gasteiger partial charge in [0, 0.05) is 25.5 Å². The molecular formula is C23H30F2N8O3. The maximum absolute atomic E-state index is 13.3. The van der Waals surface area contributed by atoms with Gasteiger partial charge in [-0.05, 0) is 39.7 Å². The quantitative estimate of drug-likeness (QED) is 0.465. The number of hydrogen-bond donors (Lipinski definition) is 3. The van der Waals surface area contributed by atoms with Crippen molar-refractivity contribution in [3.63, 3.8) is 0 Å². The number of rotatable bonds is 6. The molecule has 0 radical (unpaired) electrons. The fraction of sp³-hybridized carbons (Fsp3) is 0.522. The highest BCUT2D eigenvalue weighted by Crippen LogP contribution is 2.26. The Labute approximate surface area is 206 Å². The van der Waals surface area contributed by atoms with Crippen LogP contribution in [0.15, 0.2) is 24.7 Å². The molecule has 1 aliphatic rings.